The van der Waals surface area contributed by atoms with Gasteiger partial charge in [0.1, 0.15) is 0 Å². The first kappa shape index (κ1) is 15.5. The minimum absolute atomic E-state index is 0.254. The van der Waals surface area contributed by atoms with Gasteiger partial charge in [0, 0.05) is 12.6 Å². The van der Waals surface area contributed by atoms with Gasteiger partial charge in [-0.15, -0.1) is 0 Å². The van der Waals surface area contributed by atoms with Gasteiger partial charge < -0.3 is 5.32 Å². The van der Waals surface area contributed by atoms with Gasteiger partial charge in [-0.05, 0) is 51.3 Å². The van der Waals surface area contributed by atoms with E-state index in [1.54, 1.807) is 0 Å². The lowest BCUT2D eigenvalue weighted by Crippen LogP contribution is -2.43. The van der Waals surface area contributed by atoms with Crippen LogP contribution in [0, 0.1) is 20.8 Å². The molecular formula is C15H24N2O2S. The zero-order chi connectivity index (χ0) is 14.8. The van der Waals surface area contributed by atoms with Crippen LogP contribution in [0.2, 0.25) is 0 Å². The Hall–Kier alpha value is -0.910. The summed E-state index contributed by atoms with van der Waals surface area (Å²) in [5.74, 6) is 0. The van der Waals surface area contributed by atoms with Gasteiger partial charge in [-0.2, -0.15) is 0 Å². The molecule has 1 saturated heterocycles. The highest BCUT2D eigenvalue weighted by Crippen LogP contribution is 2.21. The Morgan fingerprint density at radius 3 is 2.40 bits per heavy atom. The van der Waals surface area contributed by atoms with Crippen molar-refractivity contribution in [2.24, 2.45) is 0 Å². The first-order chi connectivity index (χ1) is 9.40. The third-order valence-corrected chi connectivity index (χ3v) is 5.53. The molecule has 0 saturated carbocycles. The van der Waals surface area contributed by atoms with Gasteiger partial charge in [-0.1, -0.05) is 24.1 Å². The largest absolute Gasteiger partial charge is 0.313 e. The molecule has 0 aliphatic carbocycles. The van der Waals surface area contributed by atoms with Crippen LogP contribution in [0.25, 0.3) is 0 Å². The quantitative estimate of drug-likeness (QED) is 0.894. The molecule has 0 radical (unpaired) electrons. The van der Waals surface area contributed by atoms with Gasteiger partial charge in [0.2, 0.25) is 10.0 Å². The number of hydrogen-bond donors (Lipinski definition) is 2. The molecule has 1 unspecified atom stereocenters. The molecule has 1 fully saturated rings. The monoisotopic (exact) mass is 296 g/mol. The van der Waals surface area contributed by atoms with Crippen molar-refractivity contribution in [2.45, 2.75) is 51.0 Å². The van der Waals surface area contributed by atoms with Crippen molar-refractivity contribution >= 4 is 10.0 Å². The first-order valence-corrected chi connectivity index (χ1v) is 8.69. The third-order valence-electron chi connectivity index (χ3n) is 3.81. The topological polar surface area (TPSA) is 58.2 Å². The second kappa shape index (κ2) is 6.24. The number of hydrogen-bond acceptors (Lipinski definition) is 3. The molecule has 1 atom stereocenters. The summed E-state index contributed by atoms with van der Waals surface area (Å²) in [6.45, 7) is 7.14. The molecule has 1 aromatic rings. The minimum atomic E-state index is -3.43. The molecular weight excluding hydrogens is 272 g/mol. The summed E-state index contributed by atoms with van der Waals surface area (Å²) in [6, 6.07) is 4.09. The van der Waals surface area contributed by atoms with Crippen molar-refractivity contribution in [3.05, 3.63) is 28.8 Å². The number of sulfonamides is 1. The molecule has 2 rings (SSSR count). The van der Waals surface area contributed by atoms with E-state index in [2.05, 4.69) is 10.0 Å². The molecule has 112 valence electrons. The summed E-state index contributed by atoms with van der Waals surface area (Å²) in [4.78, 5) is 0.430. The maximum Gasteiger partial charge on any atom is 0.241 e. The highest BCUT2D eigenvalue weighted by molar-refractivity contribution is 7.89. The zero-order valence-corrected chi connectivity index (χ0v) is 13.3. The standard InChI is InChI=1S/C15H24N2O2S/c1-11-8-12(2)15(13(3)9-11)20(18,19)17-10-14-6-4-5-7-16-14/h8-9,14,16-17H,4-7,10H2,1-3H3. The van der Waals surface area contributed by atoms with Crippen LogP contribution in [0.1, 0.15) is 36.0 Å². The smallest absolute Gasteiger partial charge is 0.241 e. The fraction of sp³-hybridized carbons (Fsp3) is 0.600. The van der Waals surface area contributed by atoms with Crippen LogP contribution < -0.4 is 10.0 Å². The van der Waals surface area contributed by atoms with Gasteiger partial charge in [-0.3, -0.25) is 0 Å². The molecule has 0 bridgehead atoms. The molecule has 20 heavy (non-hydrogen) atoms. The van der Waals surface area contributed by atoms with E-state index in [1.165, 1.54) is 12.8 Å². The van der Waals surface area contributed by atoms with Crippen LogP contribution in [0.15, 0.2) is 17.0 Å². The van der Waals surface area contributed by atoms with E-state index in [0.29, 0.717) is 11.4 Å². The second-order valence-electron chi connectivity index (χ2n) is 5.73. The predicted octanol–water partition coefficient (Wildman–Crippen LogP) is 2.03. The van der Waals surface area contributed by atoms with Crippen LogP contribution in [-0.2, 0) is 10.0 Å². The van der Waals surface area contributed by atoms with Gasteiger partial charge in [0.05, 0.1) is 4.90 Å². The highest BCUT2D eigenvalue weighted by atomic mass is 32.2. The normalized spacial score (nSPS) is 20.1. The Kier molecular flexibility index (Phi) is 4.83. The predicted molar refractivity (Wildman–Crippen MR) is 81.5 cm³/mol. The van der Waals surface area contributed by atoms with Gasteiger partial charge in [-0.25, -0.2) is 13.1 Å². The average Bonchev–Trinajstić information content (AvgIpc) is 2.36. The summed E-state index contributed by atoms with van der Waals surface area (Å²) in [7, 11) is -3.43. The van der Waals surface area contributed by atoms with E-state index >= 15 is 0 Å². The summed E-state index contributed by atoms with van der Waals surface area (Å²) in [5, 5.41) is 3.35. The number of rotatable bonds is 4. The Balaban J connectivity index is 2.14. The highest BCUT2D eigenvalue weighted by Gasteiger charge is 2.21. The summed E-state index contributed by atoms with van der Waals surface area (Å²) in [5.41, 5.74) is 2.71. The van der Waals surface area contributed by atoms with Crippen LogP contribution >= 0.6 is 0 Å². The van der Waals surface area contributed by atoms with Crippen molar-refractivity contribution in [1.29, 1.82) is 0 Å². The minimum Gasteiger partial charge on any atom is -0.313 e. The third kappa shape index (κ3) is 3.59. The molecule has 1 aliphatic heterocycles. The Labute approximate surface area is 122 Å². The van der Waals surface area contributed by atoms with Gasteiger partial charge in [0.15, 0.2) is 0 Å². The van der Waals surface area contributed by atoms with Crippen molar-refractivity contribution < 1.29 is 8.42 Å². The van der Waals surface area contributed by atoms with E-state index in [4.69, 9.17) is 0 Å². The summed E-state index contributed by atoms with van der Waals surface area (Å²) in [6.07, 6.45) is 3.38. The second-order valence-corrected chi connectivity index (χ2v) is 7.43. The van der Waals surface area contributed by atoms with E-state index in [1.807, 2.05) is 32.9 Å². The van der Waals surface area contributed by atoms with Crippen LogP contribution in [0.3, 0.4) is 0 Å². The average molecular weight is 296 g/mol. The SMILES string of the molecule is Cc1cc(C)c(S(=O)(=O)NCC2CCCCN2)c(C)c1. The lowest BCUT2D eigenvalue weighted by molar-refractivity contribution is 0.398. The Bertz CT molecular complexity index is 553. The fourth-order valence-electron chi connectivity index (χ4n) is 2.97. The van der Waals surface area contributed by atoms with Gasteiger partial charge >= 0.3 is 0 Å². The van der Waals surface area contributed by atoms with Crippen LogP contribution in [0.4, 0.5) is 0 Å². The number of benzene rings is 1. The fourth-order valence-corrected chi connectivity index (χ4v) is 4.50. The molecule has 0 aromatic heterocycles. The maximum absolute atomic E-state index is 12.5. The first-order valence-electron chi connectivity index (χ1n) is 7.21. The Morgan fingerprint density at radius 2 is 1.85 bits per heavy atom. The number of piperidine rings is 1. The number of aryl methyl sites for hydroxylation is 3. The number of nitrogens with one attached hydrogen (secondary N) is 2. The molecule has 2 N–H and O–H groups in total. The van der Waals surface area contributed by atoms with Crippen molar-refractivity contribution in [3.8, 4) is 0 Å². The van der Waals surface area contributed by atoms with Crippen LogP contribution in [-0.4, -0.2) is 27.5 Å². The molecule has 4 nitrogen and oxygen atoms in total. The van der Waals surface area contributed by atoms with Crippen molar-refractivity contribution in [3.63, 3.8) is 0 Å². The van der Waals surface area contributed by atoms with Crippen LogP contribution in [0.5, 0.6) is 0 Å². The summed E-state index contributed by atoms with van der Waals surface area (Å²) >= 11 is 0. The molecule has 1 heterocycles. The van der Waals surface area contributed by atoms with E-state index < -0.39 is 10.0 Å². The molecule has 0 amide bonds. The summed E-state index contributed by atoms with van der Waals surface area (Å²) < 4.78 is 27.7. The molecule has 0 spiro atoms. The molecule has 1 aliphatic rings. The molecule has 5 heteroatoms. The lowest BCUT2D eigenvalue weighted by Gasteiger charge is -2.24. The Morgan fingerprint density at radius 1 is 1.20 bits per heavy atom. The van der Waals surface area contributed by atoms with E-state index in [9.17, 15) is 8.42 Å². The van der Waals surface area contributed by atoms with Gasteiger partial charge in [0.25, 0.3) is 0 Å². The van der Waals surface area contributed by atoms with E-state index in [0.717, 1.165) is 29.7 Å². The zero-order valence-electron chi connectivity index (χ0n) is 12.5. The lowest BCUT2D eigenvalue weighted by atomic mass is 10.1. The van der Waals surface area contributed by atoms with Crippen molar-refractivity contribution in [2.75, 3.05) is 13.1 Å². The van der Waals surface area contributed by atoms with E-state index in [-0.39, 0.29) is 6.04 Å². The van der Waals surface area contributed by atoms with Crippen molar-refractivity contribution in [1.82, 2.24) is 10.0 Å². The molecule has 1 aromatic carbocycles. The maximum atomic E-state index is 12.5.